The molecule has 0 saturated heterocycles. The summed E-state index contributed by atoms with van der Waals surface area (Å²) in [5.74, 6) is 0. The number of rotatable bonds is 4. The number of aromatic nitrogens is 1. The Morgan fingerprint density at radius 1 is 1.53 bits per heavy atom. The highest BCUT2D eigenvalue weighted by atomic mass is 32.1. The van der Waals surface area contributed by atoms with Crippen molar-refractivity contribution in [1.29, 1.82) is 0 Å². The number of amides is 1. The highest BCUT2D eigenvalue weighted by Crippen LogP contribution is 2.23. The molecular formula is C11H17N3O4S. The van der Waals surface area contributed by atoms with E-state index in [1.807, 2.05) is 0 Å². The van der Waals surface area contributed by atoms with E-state index < -0.39 is 11.7 Å². The molecule has 19 heavy (non-hydrogen) atoms. The summed E-state index contributed by atoms with van der Waals surface area (Å²) in [6.07, 6.45) is -0.269. The lowest BCUT2D eigenvalue weighted by Crippen LogP contribution is -2.27. The van der Waals surface area contributed by atoms with Gasteiger partial charge in [0.25, 0.3) is 0 Å². The van der Waals surface area contributed by atoms with E-state index in [0.717, 1.165) is 4.88 Å². The third-order valence-corrected chi connectivity index (χ3v) is 3.15. The van der Waals surface area contributed by atoms with E-state index >= 15 is 0 Å². The molecule has 1 aromatic heterocycles. The number of hydrogen-bond donors (Lipinski definition) is 1. The second-order valence-corrected chi connectivity index (χ2v) is 6.04. The topological polar surface area (TPSA) is 94.4 Å². The maximum atomic E-state index is 11.5. The molecule has 0 bridgehead atoms. The largest absolute Gasteiger partial charge is 0.444 e. The molecule has 7 nitrogen and oxygen atoms in total. The van der Waals surface area contributed by atoms with Gasteiger partial charge < -0.3 is 4.74 Å². The molecule has 1 rings (SSSR count). The quantitative estimate of drug-likeness (QED) is 0.678. The van der Waals surface area contributed by atoms with Crippen LogP contribution < -0.4 is 5.32 Å². The first-order valence-corrected chi connectivity index (χ1v) is 6.57. The predicted octanol–water partition coefficient (Wildman–Crippen LogP) is 2.62. The van der Waals surface area contributed by atoms with Crippen LogP contribution in [0.4, 0.5) is 9.93 Å². The van der Waals surface area contributed by atoms with Gasteiger partial charge in [-0.2, -0.15) is 0 Å². The van der Waals surface area contributed by atoms with Crippen LogP contribution in [-0.4, -0.2) is 28.1 Å². The van der Waals surface area contributed by atoms with Crippen LogP contribution in [0.3, 0.4) is 0 Å². The first-order valence-electron chi connectivity index (χ1n) is 5.75. The first kappa shape index (κ1) is 15.4. The lowest BCUT2D eigenvalue weighted by molar-refractivity contribution is -0.479. The van der Waals surface area contributed by atoms with Crippen molar-refractivity contribution in [2.45, 2.75) is 39.7 Å². The van der Waals surface area contributed by atoms with Gasteiger partial charge >= 0.3 is 6.09 Å². The van der Waals surface area contributed by atoms with E-state index in [0.29, 0.717) is 17.2 Å². The van der Waals surface area contributed by atoms with Gasteiger partial charge in [-0.1, -0.05) is 0 Å². The maximum Gasteiger partial charge on any atom is 0.413 e. The van der Waals surface area contributed by atoms with E-state index in [1.54, 1.807) is 27.7 Å². The summed E-state index contributed by atoms with van der Waals surface area (Å²) >= 11 is 1.23. The van der Waals surface area contributed by atoms with Gasteiger partial charge in [0.1, 0.15) is 5.60 Å². The van der Waals surface area contributed by atoms with Crippen molar-refractivity contribution in [3.05, 3.63) is 20.7 Å². The Morgan fingerprint density at radius 3 is 2.68 bits per heavy atom. The molecule has 1 N–H and O–H groups in total. The first-order chi connectivity index (χ1) is 8.67. The molecule has 106 valence electrons. The van der Waals surface area contributed by atoms with Gasteiger partial charge in [0.15, 0.2) is 5.13 Å². The summed E-state index contributed by atoms with van der Waals surface area (Å²) in [5, 5.41) is 13.2. The zero-order chi connectivity index (χ0) is 14.6. The second-order valence-electron chi connectivity index (χ2n) is 4.96. The number of ether oxygens (including phenoxy) is 1. The number of nitrogens with zero attached hydrogens (tertiary/aromatic N) is 2. The summed E-state index contributed by atoms with van der Waals surface area (Å²) < 4.78 is 5.10. The standard InChI is InChI=1S/C11H17N3O4S/c1-7-8(5-6-14(16)17)19-9(12-7)13-10(15)18-11(2,3)4/h5-6H2,1-4H3,(H,12,13,15). The van der Waals surface area contributed by atoms with Crippen LogP contribution in [-0.2, 0) is 11.2 Å². The highest BCUT2D eigenvalue weighted by molar-refractivity contribution is 7.15. The molecule has 0 aliphatic carbocycles. The molecule has 0 saturated carbocycles. The van der Waals surface area contributed by atoms with Crippen LogP contribution in [0.15, 0.2) is 0 Å². The van der Waals surface area contributed by atoms with Crippen molar-refractivity contribution in [3.8, 4) is 0 Å². The number of carbonyl (C=O) groups excluding carboxylic acids is 1. The van der Waals surface area contributed by atoms with E-state index in [4.69, 9.17) is 4.74 Å². The van der Waals surface area contributed by atoms with Crippen molar-refractivity contribution in [2.75, 3.05) is 11.9 Å². The van der Waals surface area contributed by atoms with Crippen LogP contribution in [0.5, 0.6) is 0 Å². The zero-order valence-corrected chi connectivity index (χ0v) is 12.2. The molecule has 8 heteroatoms. The van der Waals surface area contributed by atoms with Crippen molar-refractivity contribution >= 4 is 22.6 Å². The maximum absolute atomic E-state index is 11.5. The van der Waals surface area contributed by atoms with Gasteiger partial charge in [0.05, 0.1) is 5.69 Å². The smallest absolute Gasteiger partial charge is 0.413 e. The summed E-state index contributed by atoms with van der Waals surface area (Å²) in [7, 11) is 0. The van der Waals surface area contributed by atoms with Crippen LogP contribution >= 0.6 is 11.3 Å². The molecule has 0 aromatic carbocycles. The van der Waals surface area contributed by atoms with Gasteiger partial charge in [-0.15, -0.1) is 11.3 Å². The molecule has 0 radical (unpaired) electrons. The molecule has 0 unspecified atom stereocenters. The van der Waals surface area contributed by atoms with Gasteiger partial charge in [0.2, 0.25) is 6.54 Å². The molecule has 0 aliphatic heterocycles. The van der Waals surface area contributed by atoms with Crippen molar-refractivity contribution in [3.63, 3.8) is 0 Å². The normalized spacial score (nSPS) is 11.2. The Kier molecular flexibility index (Phi) is 4.82. The average Bonchev–Trinajstić information content (AvgIpc) is 2.52. The summed E-state index contributed by atoms with van der Waals surface area (Å²) in [6, 6.07) is 0. The monoisotopic (exact) mass is 287 g/mol. The summed E-state index contributed by atoms with van der Waals surface area (Å²) in [4.78, 5) is 26.4. The van der Waals surface area contributed by atoms with Crippen LogP contribution in [0, 0.1) is 17.0 Å². The van der Waals surface area contributed by atoms with E-state index in [1.165, 1.54) is 11.3 Å². The lowest BCUT2D eigenvalue weighted by Gasteiger charge is -2.18. The average molecular weight is 287 g/mol. The fourth-order valence-corrected chi connectivity index (χ4v) is 2.23. The SMILES string of the molecule is Cc1nc(NC(=O)OC(C)(C)C)sc1CC[N+](=O)[O-]. The predicted molar refractivity (Wildman–Crippen MR) is 72.3 cm³/mol. The number of hydrogen-bond acceptors (Lipinski definition) is 6. The lowest BCUT2D eigenvalue weighted by atomic mass is 10.2. The van der Waals surface area contributed by atoms with E-state index in [-0.39, 0.29) is 11.5 Å². The van der Waals surface area contributed by atoms with Crippen molar-refractivity contribution < 1.29 is 14.5 Å². The highest BCUT2D eigenvalue weighted by Gasteiger charge is 2.18. The summed E-state index contributed by atoms with van der Waals surface area (Å²) in [6.45, 7) is 6.91. The van der Waals surface area contributed by atoms with Crippen LogP contribution in [0.25, 0.3) is 0 Å². The molecule has 1 heterocycles. The second kappa shape index (κ2) is 5.96. The van der Waals surface area contributed by atoms with Gasteiger partial charge in [-0.05, 0) is 27.7 Å². The van der Waals surface area contributed by atoms with Gasteiger partial charge in [-0.3, -0.25) is 15.4 Å². The van der Waals surface area contributed by atoms with E-state index in [2.05, 4.69) is 10.3 Å². The van der Waals surface area contributed by atoms with Crippen molar-refractivity contribution in [1.82, 2.24) is 4.98 Å². The zero-order valence-electron chi connectivity index (χ0n) is 11.3. The summed E-state index contributed by atoms with van der Waals surface area (Å²) in [5.41, 5.74) is 0.114. The molecule has 1 aromatic rings. The van der Waals surface area contributed by atoms with Gasteiger partial charge in [-0.25, -0.2) is 9.78 Å². The minimum Gasteiger partial charge on any atom is -0.444 e. The fourth-order valence-electron chi connectivity index (χ4n) is 1.30. The Bertz CT molecular complexity index is 479. The van der Waals surface area contributed by atoms with Crippen LogP contribution in [0.2, 0.25) is 0 Å². The molecule has 0 aliphatic rings. The number of nitro groups is 1. The number of nitrogens with one attached hydrogen (secondary N) is 1. The fraction of sp³-hybridized carbons (Fsp3) is 0.636. The molecular weight excluding hydrogens is 270 g/mol. The van der Waals surface area contributed by atoms with Gasteiger partial charge in [0, 0.05) is 16.2 Å². The molecule has 1 amide bonds. The molecule has 0 fully saturated rings. The third kappa shape index (κ3) is 5.64. The number of anilines is 1. The Balaban J connectivity index is 2.63. The third-order valence-electron chi connectivity index (χ3n) is 2.02. The minimum atomic E-state index is -0.581. The minimum absolute atomic E-state index is 0.144. The molecule has 0 atom stereocenters. The molecule has 0 spiro atoms. The number of thiazole rings is 1. The Labute approximate surface area is 115 Å². The Morgan fingerprint density at radius 2 is 2.16 bits per heavy atom. The number of aryl methyl sites for hydroxylation is 1. The van der Waals surface area contributed by atoms with E-state index in [9.17, 15) is 14.9 Å². The van der Waals surface area contributed by atoms with Crippen LogP contribution in [0.1, 0.15) is 31.3 Å². The Hall–Kier alpha value is -1.70. The number of carbonyl (C=O) groups is 1. The van der Waals surface area contributed by atoms with Crippen molar-refractivity contribution in [2.24, 2.45) is 0 Å².